The van der Waals surface area contributed by atoms with E-state index in [0.717, 1.165) is 9.77 Å². The van der Waals surface area contributed by atoms with Crippen molar-refractivity contribution in [3.8, 4) is 23.3 Å². The Hall–Kier alpha value is -1.17. The van der Waals surface area contributed by atoms with E-state index in [-0.39, 0.29) is 0 Å². The van der Waals surface area contributed by atoms with E-state index < -0.39 is 0 Å². The Labute approximate surface area is 129 Å². The highest BCUT2D eigenvalue weighted by Gasteiger charge is 2.19. The SMILES string of the molecule is CSc1sc(C#N)c(-c2ccc(Cl)c(Cl)c2)c1C#N. The highest BCUT2D eigenvalue weighted by molar-refractivity contribution is 8.00. The lowest BCUT2D eigenvalue weighted by atomic mass is 10.0. The van der Waals surface area contributed by atoms with Crippen molar-refractivity contribution >= 4 is 46.3 Å². The van der Waals surface area contributed by atoms with Crippen molar-refractivity contribution in [1.82, 2.24) is 0 Å². The highest BCUT2D eigenvalue weighted by Crippen LogP contribution is 2.41. The maximum atomic E-state index is 9.30. The minimum Gasteiger partial charge on any atom is -0.192 e. The molecule has 0 fully saturated rings. The molecule has 0 saturated heterocycles. The zero-order valence-corrected chi connectivity index (χ0v) is 12.8. The standard InChI is InChI=1S/C13H6Cl2N2S2/c1-18-13-8(5-16)12(11(6-17)19-13)7-2-3-9(14)10(15)4-7/h2-4H,1H3. The van der Waals surface area contributed by atoms with Gasteiger partial charge in [-0.15, -0.1) is 23.1 Å². The minimum absolute atomic E-state index is 0.406. The van der Waals surface area contributed by atoms with Gasteiger partial charge in [-0.25, -0.2) is 0 Å². The number of hydrogen-bond acceptors (Lipinski definition) is 4. The van der Waals surface area contributed by atoms with E-state index in [1.165, 1.54) is 23.1 Å². The summed E-state index contributed by atoms with van der Waals surface area (Å²) >= 11 is 14.7. The van der Waals surface area contributed by atoms with Crippen LogP contribution in [-0.2, 0) is 0 Å². The van der Waals surface area contributed by atoms with Crippen molar-refractivity contribution in [3.05, 3.63) is 38.7 Å². The van der Waals surface area contributed by atoms with Gasteiger partial charge in [0.2, 0.25) is 0 Å². The minimum atomic E-state index is 0.406. The number of nitrogens with zero attached hydrogens (tertiary/aromatic N) is 2. The molecule has 1 aromatic heterocycles. The first-order valence-corrected chi connectivity index (χ1v) is 7.88. The van der Waals surface area contributed by atoms with Gasteiger partial charge in [-0.3, -0.25) is 0 Å². The summed E-state index contributed by atoms with van der Waals surface area (Å²) in [7, 11) is 0. The van der Waals surface area contributed by atoms with Gasteiger partial charge >= 0.3 is 0 Å². The Morgan fingerprint density at radius 3 is 2.42 bits per heavy atom. The lowest BCUT2D eigenvalue weighted by molar-refractivity contribution is 1.46. The predicted octanol–water partition coefficient (Wildman–Crippen LogP) is 5.19. The molecule has 0 aliphatic heterocycles. The summed E-state index contributed by atoms with van der Waals surface area (Å²) in [6.07, 6.45) is 1.88. The van der Waals surface area contributed by atoms with Crippen molar-refractivity contribution in [2.45, 2.75) is 4.21 Å². The van der Waals surface area contributed by atoms with Crippen molar-refractivity contribution in [2.24, 2.45) is 0 Å². The van der Waals surface area contributed by atoms with Crippen LogP contribution >= 0.6 is 46.3 Å². The van der Waals surface area contributed by atoms with Crippen LogP contribution in [0.1, 0.15) is 10.4 Å². The van der Waals surface area contributed by atoms with Crippen LogP contribution in [-0.4, -0.2) is 6.26 Å². The van der Waals surface area contributed by atoms with Crippen LogP contribution < -0.4 is 0 Å². The molecule has 2 rings (SSSR count). The van der Waals surface area contributed by atoms with Gasteiger partial charge in [0.25, 0.3) is 0 Å². The van der Waals surface area contributed by atoms with E-state index in [1.807, 2.05) is 6.26 Å². The zero-order valence-electron chi connectivity index (χ0n) is 9.70. The van der Waals surface area contributed by atoms with Crippen molar-refractivity contribution in [3.63, 3.8) is 0 Å². The Morgan fingerprint density at radius 2 is 1.89 bits per heavy atom. The number of halogens is 2. The molecule has 94 valence electrons. The number of rotatable bonds is 2. The molecule has 0 N–H and O–H groups in total. The van der Waals surface area contributed by atoms with Gasteiger partial charge < -0.3 is 0 Å². The Bertz CT molecular complexity index is 723. The van der Waals surface area contributed by atoms with Crippen LogP contribution in [0, 0.1) is 22.7 Å². The van der Waals surface area contributed by atoms with Crippen LogP contribution in [0.2, 0.25) is 10.0 Å². The summed E-state index contributed by atoms with van der Waals surface area (Å²) in [6.45, 7) is 0. The Balaban J connectivity index is 2.74. The average molecular weight is 325 g/mol. The number of thioether (sulfide) groups is 1. The summed E-state index contributed by atoms with van der Waals surface area (Å²) in [5, 5.41) is 19.4. The van der Waals surface area contributed by atoms with Crippen LogP contribution in [0.3, 0.4) is 0 Å². The van der Waals surface area contributed by atoms with E-state index >= 15 is 0 Å². The summed E-state index contributed by atoms with van der Waals surface area (Å²) in [4.78, 5) is 0.513. The average Bonchev–Trinajstić information content (AvgIpc) is 2.79. The molecule has 0 radical (unpaired) electrons. The molecule has 0 aliphatic rings. The van der Waals surface area contributed by atoms with Crippen molar-refractivity contribution < 1.29 is 0 Å². The third kappa shape index (κ3) is 2.59. The number of nitriles is 2. The molecule has 19 heavy (non-hydrogen) atoms. The lowest BCUT2D eigenvalue weighted by Crippen LogP contribution is -1.84. The van der Waals surface area contributed by atoms with Gasteiger partial charge in [0.1, 0.15) is 17.0 Å². The summed E-state index contributed by atoms with van der Waals surface area (Å²) in [5.74, 6) is 0. The van der Waals surface area contributed by atoms with Gasteiger partial charge in [-0.1, -0.05) is 29.3 Å². The molecule has 0 saturated carbocycles. The summed E-state index contributed by atoms with van der Waals surface area (Å²) < 4.78 is 0.833. The smallest absolute Gasteiger partial charge is 0.115 e. The molecule has 2 nitrogen and oxygen atoms in total. The van der Waals surface area contributed by atoms with Crippen molar-refractivity contribution in [1.29, 1.82) is 10.5 Å². The molecule has 0 atom stereocenters. The fourth-order valence-corrected chi connectivity index (χ4v) is 3.70. The molecule has 6 heteroatoms. The number of thiophene rings is 1. The van der Waals surface area contributed by atoms with Gasteiger partial charge in [-0.05, 0) is 24.0 Å². The monoisotopic (exact) mass is 324 g/mol. The Morgan fingerprint density at radius 1 is 1.16 bits per heavy atom. The Kier molecular flexibility index (Phi) is 4.39. The second kappa shape index (κ2) is 5.86. The molecule has 0 spiro atoms. The molecule has 1 aromatic carbocycles. The largest absolute Gasteiger partial charge is 0.192 e. The topological polar surface area (TPSA) is 47.6 Å². The van der Waals surface area contributed by atoms with E-state index in [0.29, 0.717) is 26.0 Å². The fourth-order valence-electron chi connectivity index (χ4n) is 1.66. The summed E-state index contributed by atoms with van der Waals surface area (Å²) in [6, 6.07) is 9.41. The number of benzene rings is 1. The fraction of sp³-hybridized carbons (Fsp3) is 0.0769. The van der Waals surface area contributed by atoms with Crippen LogP contribution in [0.5, 0.6) is 0 Å². The maximum absolute atomic E-state index is 9.30. The maximum Gasteiger partial charge on any atom is 0.115 e. The third-order valence-electron chi connectivity index (χ3n) is 2.48. The third-order valence-corrected chi connectivity index (χ3v) is 5.44. The normalized spacial score (nSPS) is 9.95. The van der Waals surface area contributed by atoms with E-state index in [1.54, 1.807) is 18.2 Å². The van der Waals surface area contributed by atoms with Crippen LogP contribution in [0.15, 0.2) is 22.4 Å². The van der Waals surface area contributed by atoms with Crippen LogP contribution in [0.4, 0.5) is 0 Å². The molecule has 2 aromatic rings. The van der Waals surface area contributed by atoms with E-state index in [2.05, 4.69) is 12.1 Å². The predicted molar refractivity (Wildman–Crippen MR) is 81.0 cm³/mol. The molecule has 1 heterocycles. The number of hydrogen-bond donors (Lipinski definition) is 0. The lowest BCUT2D eigenvalue weighted by Gasteiger charge is -2.03. The molecule has 0 aliphatic carbocycles. The zero-order chi connectivity index (χ0) is 14.0. The molecular formula is C13H6Cl2N2S2. The van der Waals surface area contributed by atoms with Crippen LogP contribution in [0.25, 0.3) is 11.1 Å². The molecule has 0 bridgehead atoms. The second-order valence-electron chi connectivity index (χ2n) is 3.53. The second-order valence-corrected chi connectivity index (χ2v) is 6.44. The van der Waals surface area contributed by atoms with Gasteiger partial charge in [-0.2, -0.15) is 10.5 Å². The van der Waals surface area contributed by atoms with Gasteiger partial charge in [0.15, 0.2) is 0 Å². The molecule has 0 unspecified atom stereocenters. The van der Waals surface area contributed by atoms with E-state index in [4.69, 9.17) is 23.2 Å². The van der Waals surface area contributed by atoms with E-state index in [9.17, 15) is 10.5 Å². The van der Waals surface area contributed by atoms with Gasteiger partial charge in [0.05, 0.1) is 19.8 Å². The first kappa shape index (κ1) is 14.2. The first-order valence-electron chi connectivity index (χ1n) is 5.08. The quantitative estimate of drug-likeness (QED) is 0.714. The highest BCUT2D eigenvalue weighted by atomic mass is 35.5. The summed E-state index contributed by atoms with van der Waals surface area (Å²) in [5.41, 5.74) is 1.89. The van der Waals surface area contributed by atoms with Gasteiger partial charge in [0, 0.05) is 5.56 Å². The molecule has 0 amide bonds. The van der Waals surface area contributed by atoms with Crippen molar-refractivity contribution in [2.75, 3.05) is 6.26 Å². The molecular weight excluding hydrogens is 319 g/mol. The first-order chi connectivity index (χ1) is 9.12.